The molecule has 1 unspecified atom stereocenters. The fraction of sp³-hybridized carbons (Fsp3) is 0.471. The molecule has 3 heteroatoms. The van der Waals surface area contributed by atoms with Gasteiger partial charge in [0.2, 0.25) is 0 Å². The molecular weight excluding hydrogens is 248 g/mol. The minimum absolute atomic E-state index is 0.280. The van der Waals surface area contributed by atoms with E-state index in [2.05, 4.69) is 44.1 Å². The summed E-state index contributed by atoms with van der Waals surface area (Å²) in [6.45, 7) is 6.27. The Morgan fingerprint density at radius 3 is 2.45 bits per heavy atom. The van der Waals surface area contributed by atoms with Gasteiger partial charge in [-0.05, 0) is 18.1 Å². The molecule has 1 aromatic heterocycles. The van der Waals surface area contributed by atoms with Gasteiger partial charge in [-0.25, -0.2) is 0 Å². The van der Waals surface area contributed by atoms with Gasteiger partial charge < -0.3 is 5.11 Å². The highest BCUT2D eigenvalue weighted by Crippen LogP contribution is 2.29. The predicted octanol–water partition coefficient (Wildman–Crippen LogP) is 2.86. The summed E-state index contributed by atoms with van der Waals surface area (Å²) < 4.78 is 1.88. The van der Waals surface area contributed by atoms with Crippen molar-refractivity contribution in [1.82, 2.24) is 9.78 Å². The Bertz CT molecular complexity index is 558. The van der Waals surface area contributed by atoms with E-state index in [4.69, 9.17) is 0 Å². The van der Waals surface area contributed by atoms with Crippen LogP contribution < -0.4 is 0 Å². The number of aliphatic hydroxyl groups is 1. The molecule has 0 aliphatic carbocycles. The van der Waals surface area contributed by atoms with Crippen molar-refractivity contribution >= 4 is 0 Å². The van der Waals surface area contributed by atoms with Crippen molar-refractivity contribution in [2.75, 3.05) is 0 Å². The van der Waals surface area contributed by atoms with Crippen molar-refractivity contribution in [2.24, 2.45) is 7.05 Å². The van der Waals surface area contributed by atoms with Crippen molar-refractivity contribution in [3.8, 4) is 0 Å². The van der Waals surface area contributed by atoms with Gasteiger partial charge in [0.15, 0.2) is 0 Å². The molecule has 1 heterocycles. The predicted molar refractivity (Wildman–Crippen MR) is 81.8 cm³/mol. The first-order valence-electron chi connectivity index (χ1n) is 7.20. The molecule has 0 aliphatic heterocycles. The van der Waals surface area contributed by atoms with E-state index >= 15 is 0 Å². The van der Waals surface area contributed by atoms with E-state index in [-0.39, 0.29) is 5.41 Å². The Balaban J connectivity index is 2.18. The van der Waals surface area contributed by atoms with Gasteiger partial charge in [-0.3, -0.25) is 4.68 Å². The Kier molecular flexibility index (Phi) is 4.29. The number of nitrogens with zero attached hydrogens (tertiary/aromatic N) is 2. The molecule has 0 radical (unpaired) electrons. The van der Waals surface area contributed by atoms with Gasteiger partial charge in [0.1, 0.15) is 0 Å². The number of hydrogen-bond acceptors (Lipinski definition) is 2. The van der Waals surface area contributed by atoms with E-state index in [9.17, 15) is 5.11 Å². The minimum Gasteiger partial charge on any atom is -0.392 e. The van der Waals surface area contributed by atoms with Gasteiger partial charge in [-0.15, -0.1) is 0 Å². The highest BCUT2D eigenvalue weighted by molar-refractivity contribution is 5.26. The molecule has 0 saturated carbocycles. The molecule has 0 fully saturated rings. The lowest BCUT2D eigenvalue weighted by Gasteiger charge is -2.31. The van der Waals surface area contributed by atoms with Crippen LogP contribution in [0.4, 0.5) is 0 Å². The zero-order valence-corrected chi connectivity index (χ0v) is 12.8. The van der Waals surface area contributed by atoms with E-state index in [0.717, 1.165) is 23.4 Å². The van der Waals surface area contributed by atoms with Crippen LogP contribution in [-0.4, -0.2) is 21.0 Å². The normalized spacial score (nSPS) is 13.4. The molecule has 0 aliphatic rings. The number of rotatable bonds is 5. The van der Waals surface area contributed by atoms with Gasteiger partial charge in [-0.2, -0.15) is 5.10 Å². The van der Waals surface area contributed by atoms with E-state index in [1.54, 1.807) is 0 Å². The summed E-state index contributed by atoms with van der Waals surface area (Å²) in [5.74, 6) is 0. The number of aliphatic hydroxyl groups excluding tert-OH is 1. The highest BCUT2D eigenvalue weighted by atomic mass is 16.3. The van der Waals surface area contributed by atoms with Crippen LogP contribution >= 0.6 is 0 Å². The fourth-order valence-electron chi connectivity index (χ4n) is 2.45. The maximum absolute atomic E-state index is 10.6. The lowest BCUT2D eigenvalue weighted by molar-refractivity contribution is 0.0981. The molecule has 1 atom stereocenters. The van der Waals surface area contributed by atoms with Gasteiger partial charge in [0, 0.05) is 24.6 Å². The smallest absolute Gasteiger partial charge is 0.0686 e. The second-order valence-electron chi connectivity index (χ2n) is 5.91. The van der Waals surface area contributed by atoms with E-state index < -0.39 is 6.10 Å². The van der Waals surface area contributed by atoms with Gasteiger partial charge in [0.25, 0.3) is 0 Å². The molecule has 1 aromatic carbocycles. The number of benzene rings is 1. The molecule has 20 heavy (non-hydrogen) atoms. The van der Waals surface area contributed by atoms with Crippen LogP contribution in [0.15, 0.2) is 36.4 Å². The fourth-order valence-corrected chi connectivity index (χ4v) is 2.45. The van der Waals surface area contributed by atoms with Crippen LogP contribution in [0, 0.1) is 0 Å². The van der Waals surface area contributed by atoms with E-state index in [1.165, 1.54) is 0 Å². The third-order valence-corrected chi connectivity index (χ3v) is 4.14. The summed E-state index contributed by atoms with van der Waals surface area (Å²) in [6.07, 6.45) is 1.10. The Morgan fingerprint density at radius 1 is 1.25 bits per heavy atom. The molecule has 2 aromatic rings. The van der Waals surface area contributed by atoms with Crippen LogP contribution in [0.3, 0.4) is 0 Å². The summed E-state index contributed by atoms with van der Waals surface area (Å²) in [6, 6.07) is 12.3. The molecule has 0 amide bonds. The van der Waals surface area contributed by atoms with Crippen molar-refractivity contribution < 1.29 is 5.11 Å². The third kappa shape index (κ3) is 2.93. The monoisotopic (exact) mass is 272 g/mol. The molecule has 2 rings (SSSR count). The molecule has 1 N–H and O–H groups in total. The van der Waals surface area contributed by atoms with Crippen molar-refractivity contribution in [3.63, 3.8) is 0 Å². The topological polar surface area (TPSA) is 38.0 Å². The van der Waals surface area contributed by atoms with Gasteiger partial charge >= 0.3 is 0 Å². The van der Waals surface area contributed by atoms with Crippen LogP contribution in [-0.2, 0) is 25.3 Å². The quantitative estimate of drug-likeness (QED) is 0.909. The van der Waals surface area contributed by atoms with Gasteiger partial charge in [-0.1, -0.05) is 51.1 Å². The van der Waals surface area contributed by atoms with Gasteiger partial charge in [0.05, 0.1) is 11.8 Å². The van der Waals surface area contributed by atoms with Crippen molar-refractivity contribution in [2.45, 2.75) is 45.1 Å². The molecular formula is C17H24N2O. The maximum Gasteiger partial charge on any atom is 0.0686 e. The van der Waals surface area contributed by atoms with E-state index in [0.29, 0.717) is 6.42 Å². The molecule has 0 saturated heterocycles. The Hall–Kier alpha value is -1.61. The number of aryl methyl sites for hydroxylation is 2. The molecule has 0 spiro atoms. The lowest BCUT2D eigenvalue weighted by atomic mass is 9.78. The summed E-state index contributed by atoms with van der Waals surface area (Å²) in [7, 11) is 1.94. The first-order chi connectivity index (χ1) is 9.45. The van der Waals surface area contributed by atoms with Crippen LogP contribution in [0.1, 0.15) is 37.7 Å². The minimum atomic E-state index is -0.440. The summed E-state index contributed by atoms with van der Waals surface area (Å²) >= 11 is 0. The van der Waals surface area contributed by atoms with Crippen LogP contribution in [0.25, 0.3) is 0 Å². The average Bonchev–Trinajstić information content (AvgIpc) is 2.80. The van der Waals surface area contributed by atoms with Crippen LogP contribution in [0.2, 0.25) is 0 Å². The first-order valence-corrected chi connectivity index (χ1v) is 7.20. The number of aromatic nitrogens is 2. The largest absolute Gasteiger partial charge is 0.392 e. The molecule has 108 valence electrons. The molecule has 3 nitrogen and oxygen atoms in total. The molecule has 0 bridgehead atoms. The zero-order valence-electron chi connectivity index (χ0n) is 12.8. The average molecular weight is 272 g/mol. The summed E-state index contributed by atoms with van der Waals surface area (Å²) in [5, 5.41) is 15.1. The second-order valence-corrected chi connectivity index (χ2v) is 5.91. The highest BCUT2D eigenvalue weighted by Gasteiger charge is 2.30. The third-order valence-electron chi connectivity index (χ3n) is 4.14. The number of hydrogen-bond donors (Lipinski definition) is 1. The first kappa shape index (κ1) is 14.8. The standard InChI is InChI=1S/C17H24N2O/c1-5-14-11-15(19(4)18-14)12-16(20)17(2,3)13-9-7-6-8-10-13/h6-11,16,20H,5,12H2,1-4H3. The SMILES string of the molecule is CCc1cc(CC(O)C(C)(C)c2ccccc2)n(C)n1. The lowest BCUT2D eigenvalue weighted by Crippen LogP contribution is -2.35. The van der Waals surface area contributed by atoms with Crippen molar-refractivity contribution in [1.29, 1.82) is 0 Å². The Labute approximate surface area is 121 Å². The second kappa shape index (κ2) is 5.80. The van der Waals surface area contributed by atoms with E-state index in [1.807, 2.05) is 29.9 Å². The Morgan fingerprint density at radius 2 is 1.90 bits per heavy atom. The zero-order chi connectivity index (χ0) is 14.8. The maximum atomic E-state index is 10.6. The van der Waals surface area contributed by atoms with Crippen LogP contribution in [0.5, 0.6) is 0 Å². The summed E-state index contributed by atoms with van der Waals surface area (Å²) in [5.41, 5.74) is 3.04. The summed E-state index contributed by atoms with van der Waals surface area (Å²) in [4.78, 5) is 0. The van der Waals surface area contributed by atoms with Crippen molar-refractivity contribution in [3.05, 3.63) is 53.3 Å².